The van der Waals surface area contributed by atoms with Crippen molar-refractivity contribution in [3.8, 4) is 0 Å². The van der Waals surface area contributed by atoms with Crippen molar-refractivity contribution in [2.24, 2.45) is 11.8 Å². The molecule has 134 valence electrons. The van der Waals surface area contributed by atoms with E-state index in [2.05, 4.69) is 29.0 Å². The van der Waals surface area contributed by atoms with Gasteiger partial charge in [0.1, 0.15) is 0 Å². The predicted octanol–water partition coefficient (Wildman–Crippen LogP) is 2.73. The molecule has 4 heteroatoms. The van der Waals surface area contributed by atoms with Crippen molar-refractivity contribution < 1.29 is 4.79 Å². The number of hydrogen-bond acceptors (Lipinski definition) is 3. The largest absolute Gasteiger partial charge is 0.337 e. The molecule has 0 aromatic rings. The zero-order valence-electron chi connectivity index (χ0n) is 15.7. The Labute approximate surface area is 143 Å². The summed E-state index contributed by atoms with van der Waals surface area (Å²) in [5.41, 5.74) is 0. The molecular weight excluding hydrogens is 286 g/mol. The van der Waals surface area contributed by atoms with E-state index in [9.17, 15) is 4.79 Å². The highest BCUT2D eigenvalue weighted by atomic mass is 16.2. The summed E-state index contributed by atoms with van der Waals surface area (Å²) < 4.78 is 0. The number of hydrogen-bond donors (Lipinski definition) is 1. The smallest absolute Gasteiger partial charge is 0.228 e. The number of carbonyl (C=O) groups excluding carboxylic acids is 1. The monoisotopic (exact) mass is 323 g/mol. The molecule has 0 bridgehead atoms. The average molecular weight is 324 g/mol. The van der Waals surface area contributed by atoms with Crippen LogP contribution in [-0.4, -0.2) is 60.5 Å². The first-order chi connectivity index (χ1) is 11.2. The van der Waals surface area contributed by atoms with Crippen LogP contribution in [0, 0.1) is 11.8 Å². The molecule has 1 atom stereocenters. The van der Waals surface area contributed by atoms with Crippen molar-refractivity contribution >= 4 is 5.91 Å². The molecule has 3 rings (SSSR count). The molecule has 0 radical (unpaired) electrons. The third-order valence-electron chi connectivity index (χ3n) is 5.98. The van der Waals surface area contributed by atoms with E-state index in [1.165, 1.54) is 32.1 Å². The third-order valence-corrected chi connectivity index (χ3v) is 5.98. The molecule has 23 heavy (non-hydrogen) atoms. The second kappa shape index (κ2) is 9.03. The Bertz CT molecular complexity index is 362. The van der Waals surface area contributed by atoms with Gasteiger partial charge in [-0.3, -0.25) is 9.69 Å². The predicted molar refractivity (Wildman–Crippen MR) is 96.5 cm³/mol. The first kappa shape index (κ1) is 18.7. The summed E-state index contributed by atoms with van der Waals surface area (Å²) in [6.45, 7) is 13.4. The lowest BCUT2D eigenvalue weighted by Gasteiger charge is -2.46. The van der Waals surface area contributed by atoms with Gasteiger partial charge in [-0.05, 0) is 38.5 Å². The normalized spacial score (nSPS) is 32.7. The lowest BCUT2D eigenvalue weighted by Crippen LogP contribution is -2.61. The van der Waals surface area contributed by atoms with Crippen molar-refractivity contribution in [1.29, 1.82) is 0 Å². The molecule has 0 spiro atoms. The number of piperazine rings is 1. The highest BCUT2D eigenvalue weighted by Crippen LogP contribution is 2.30. The van der Waals surface area contributed by atoms with Gasteiger partial charge in [-0.25, -0.2) is 0 Å². The van der Waals surface area contributed by atoms with Gasteiger partial charge < -0.3 is 10.2 Å². The van der Waals surface area contributed by atoms with Gasteiger partial charge in [-0.15, -0.1) is 0 Å². The van der Waals surface area contributed by atoms with Gasteiger partial charge in [-0.2, -0.15) is 0 Å². The topological polar surface area (TPSA) is 35.6 Å². The van der Waals surface area contributed by atoms with Gasteiger partial charge >= 0.3 is 0 Å². The summed E-state index contributed by atoms with van der Waals surface area (Å²) in [7, 11) is 0. The van der Waals surface area contributed by atoms with Crippen LogP contribution < -0.4 is 5.32 Å². The number of nitrogens with one attached hydrogen (secondary N) is 1. The van der Waals surface area contributed by atoms with Gasteiger partial charge in [0.05, 0.1) is 5.92 Å². The van der Waals surface area contributed by atoms with Crippen LogP contribution in [0.3, 0.4) is 0 Å². The van der Waals surface area contributed by atoms with Crippen LogP contribution >= 0.6 is 0 Å². The molecule has 3 fully saturated rings. The maximum Gasteiger partial charge on any atom is 0.228 e. The van der Waals surface area contributed by atoms with Crippen LogP contribution in [0.4, 0.5) is 0 Å². The number of carbonyl (C=O) groups is 1. The second-order valence-corrected chi connectivity index (χ2v) is 7.31. The Hall–Kier alpha value is -0.610. The van der Waals surface area contributed by atoms with Gasteiger partial charge in [0, 0.05) is 44.8 Å². The van der Waals surface area contributed by atoms with Gasteiger partial charge in [0.2, 0.25) is 5.91 Å². The zero-order valence-corrected chi connectivity index (χ0v) is 15.7. The Morgan fingerprint density at radius 2 is 1.74 bits per heavy atom. The summed E-state index contributed by atoms with van der Waals surface area (Å²) in [5, 5.41) is 3.21. The van der Waals surface area contributed by atoms with Crippen molar-refractivity contribution in [2.45, 2.75) is 71.9 Å². The lowest BCUT2D eigenvalue weighted by atomic mass is 9.83. The van der Waals surface area contributed by atoms with Crippen LogP contribution in [0.1, 0.15) is 59.8 Å². The summed E-state index contributed by atoms with van der Waals surface area (Å²) in [6, 6.07) is 1.16. The molecule has 4 nitrogen and oxygen atoms in total. The second-order valence-electron chi connectivity index (χ2n) is 7.31. The summed E-state index contributed by atoms with van der Waals surface area (Å²) in [6.07, 6.45) is 6.89. The molecule has 2 aliphatic heterocycles. The standard InChI is InChI=1S/C17H31N3O.C2H6/c1-3-14-4-6-16(7-5-14)19-8-9-20(13(2)12-19)17(21)15-10-18-11-15;1-2/h13-16,18H,3-12H2,1-2H3;1-2H3/t13-,14?,16?;/m0./s1. The molecule has 1 amide bonds. The van der Waals surface area contributed by atoms with Crippen LogP contribution in [-0.2, 0) is 4.79 Å². The van der Waals surface area contributed by atoms with E-state index in [4.69, 9.17) is 0 Å². The number of rotatable bonds is 3. The van der Waals surface area contributed by atoms with Crippen LogP contribution in [0.15, 0.2) is 0 Å². The lowest BCUT2D eigenvalue weighted by molar-refractivity contribution is -0.142. The summed E-state index contributed by atoms with van der Waals surface area (Å²) in [4.78, 5) is 17.2. The van der Waals surface area contributed by atoms with E-state index >= 15 is 0 Å². The van der Waals surface area contributed by atoms with Crippen molar-refractivity contribution in [2.75, 3.05) is 32.7 Å². The Kier molecular flexibility index (Phi) is 7.35. The molecule has 2 saturated heterocycles. The Balaban J connectivity index is 0.000000924. The molecule has 0 unspecified atom stereocenters. The van der Waals surface area contributed by atoms with Gasteiger partial charge in [0.25, 0.3) is 0 Å². The molecular formula is C19H37N3O. The molecule has 0 aromatic carbocycles. The molecule has 2 heterocycles. The third kappa shape index (κ3) is 4.48. The number of amides is 1. The minimum Gasteiger partial charge on any atom is -0.337 e. The minimum atomic E-state index is 0.249. The van der Waals surface area contributed by atoms with E-state index in [-0.39, 0.29) is 5.92 Å². The molecule has 0 aromatic heterocycles. The maximum absolute atomic E-state index is 12.4. The minimum absolute atomic E-state index is 0.249. The van der Waals surface area contributed by atoms with Gasteiger partial charge in [-0.1, -0.05) is 27.2 Å². The van der Waals surface area contributed by atoms with E-state index in [0.29, 0.717) is 11.9 Å². The average Bonchev–Trinajstić information content (AvgIpc) is 2.55. The SMILES string of the molecule is CC.CCC1CCC(N2CCN(C(=O)C3CNC3)[C@@H](C)C2)CC1. The fourth-order valence-electron chi connectivity index (χ4n) is 4.26. The quantitative estimate of drug-likeness (QED) is 0.867. The maximum atomic E-state index is 12.4. The first-order valence-electron chi connectivity index (χ1n) is 9.94. The molecule has 1 saturated carbocycles. The zero-order chi connectivity index (χ0) is 16.8. The van der Waals surface area contributed by atoms with Crippen molar-refractivity contribution in [1.82, 2.24) is 15.1 Å². The van der Waals surface area contributed by atoms with Crippen LogP contribution in [0.5, 0.6) is 0 Å². The van der Waals surface area contributed by atoms with Gasteiger partial charge in [0.15, 0.2) is 0 Å². The molecule has 3 aliphatic rings. The van der Waals surface area contributed by atoms with E-state index in [1.54, 1.807) is 0 Å². The number of nitrogens with zero attached hydrogens (tertiary/aromatic N) is 2. The fraction of sp³-hybridized carbons (Fsp3) is 0.947. The van der Waals surface area contributed by atoms with Crippen LogP contribution in [0.2, 0.25) is 0 Å². The van der Waals surface area contributed by atoms with E-state index < -0.39 is 0 Å². The highest BCUT2D eigenvalue weighted by molar-refractivity contribution is 5.80. The van der Waals surface area contributed by atoms with Crippen molar-refractivity contribution in [3.63, 3.8) is 0 Å². The van der Waals surface area contributed by atoms with Crippen molar-refractivity contribution in [3.05, 3.63) is 0 Å². The Morgan fingerprint density at radius 3 is 2.22 bits per heavy atom. The summed E-state index contributed by atoms with van der Waals surface area (Å²) in [5.74, 6) is 1.60. The Morgan fingerprint density at radius 1 is 1.09 bits per heavy atom. The molecule has 1 N–H and O–H groups in total. The molecule has 1 aliphatic carbocycles. The van der Waals surface area contributed by atoms with Crippen LogP contribution in [0.25, 0.3) is 0 Å². The highest BCUT2D eigenvalue weighted by Gasteiger charge is 2.36. The first-order valence-corrected chi connectivity index (χ1v) is 9.94. The fourth-order valence-corrected chi connectivity index (χ4v) is 4.26. The van der Waals surface area contributed by atoms with E-state index in [1.807, 2.05) is 13.8 Å². The van der Waals surface area contributed by atoms with E-state index in [0.717, 1.165) is 44.7 Å². The summed E-state index contributed by atoms with van der Waals surface area (Å²) >= 11 is 0.